The summed E-state index contributed by atoms with van der Waals surface area (Å²) in [6.07, 6.45) is 0.562. The van der Waals surface area contributed by atoms with Crippen LogP contribution >= 0.6 is 0 Å². The molecule has 0 bridgehead atoms. The Labute approximate surface area is 80.7 Å². The van der Waals surface area contributed by atoms with E-state index in [9.17, 15) is 4.79 Å². The summed E-state index contributed by atoms with van der Waals surface area (Å²) in [4.78, 5) is 13.3. The van der Waals surface area contributed by atoms with Gasteiger partial charge in [-0.3, -0.25) is 4.79 Å². The predicted octanol–water partition coefficient (Wildman–Crippen LogP) is -0.336. The minimum Gasteiger partial charge on any atom is -0.355 e. The Kier molecular flexibility index (Phi) is 7.63. The summed E-state index contributed by atoms with van der Waals surface area (Å²) in [5.74, 6) is 0.124. The maximum absolute atomic E-state index is 11.1. The molecule has 78 valence electrons. The van der Waals surface area contributed by atoms with E-state index in [0.29, 0.717) is 6.42 Å². The Morgan fingerprint density at radius 2 is 2.08 bits per heavy atom. The van der Waals surface area contributed by atoms with Crippen LogP contribution in [-0.2, 0) is 4.79 Å². The molecule has 0 saturated heterocycles. The van der Waals surface area contributed by atoms with Crippen molar-refractivity contribution >= 4 is 5.91 Å². The number of nitrogens with zero attached hydrogens (tertiary/aromatic N) is 1. The fourth-order valence-electron chi connectivity index (χ4n) is 0.871. The molecule has 4 heteroatoms. The van der Waals surface area contributed by atoms with Gasteiger partial charge in [0.05, 0.1) is 0 Å². The van der Waals surface area contributed by atoms with Crippen LogP contribution in [0, 0.1) is 0 Å². The molecular weight excluding hydrogens is 166 g/mol. The zero-order valence-electron chi connectivity index (χ0n) is 8.89. The van der Waals surface area contributed by atoms with Gasteiger partial charge in [0.1, 0.15) is 0 Å². The monoisotopic (exact) mass is 187 g/mol. The van der Waals surface area contributed by atoms with Crippen molar-refractivity contribution in [2.75, 3.05) is 40.3 Å². The van der Waals surface area contributed by atoms with Crippen molar-refractivity contribution in [2.24, 2.45) is 0 Å². The van der Waals surface area contributed by atoms with Gasteiger partial charge in [-0.15, -0.1) is 0 Å². The molecule has 0 saturated carbocycles. The molecule has 0 radical (unpaired) electrons. The van der Waals surface area contributed by atoms with Gasteiger partial charge < -0.3 is 15.5 Å². The van der Waals surface area contributed by atoms with Crippen LogP contribution in [-0.4, -0.2) is 51.1 Å². The van der Waals surface area contributed by atoms with Gasteiger partial charge in [-0.05, 0) is 20.6 Å². The topological polar surface area (TPSA) is 44.4 Å². The van der Waals surface area contributed by atoms with Gasteiger partial charge >= 0.3 is 0 Å². The summed E-state index contributed by atoms with van der Waals surface area (Å²) in [5, 5.41) is 5.80. The van der Waals surface area contributed by atoms with Crippen LogP contribution in [0.5, 0.6) is 0 Å². The summed E-state index contributed by atoms with van der Waals surface area (Å²) in [5.41, 5.74) is 0. The van der Waals surface area contributed by atoms with E-state index in [1.807, 2.05) is 14.1 Å². The van der Waals surface area contributed by atoms with Gasteiger partial charge in [0.15, 0.2) is 0 Å². The van der Waals surface area contributed by atoms with E-state index < -0.39 is 0 Å². The first-order valence-electron chi connectivity index (χ1n) is 4.80. The molecule has 0 aromatic heterocycles. The number of hydrogen-bond donors (Lipinski definition) is 2. The molecule has 0 atom stereocenters. The third-order valence-electron chi connectivity index (χ3n) is 1.96. The van der Waals surface area contributed by atoms with Crippen molar-refractivity contribution in [3.8, 4) is 0 Å². The highest BCUT2D eigenvalue weighted by Crippen LogP contribution is 1.80. The van der Waals surface area contributed by atoms with Crippen LogP contribution in [0.4, 0.5) is 0 Å². The molecule has 0 fully saturated rings. The summed E-state index contributed by atoms with van der Waals surface area (Å²) in [6, 6.07) is 0. The average Bonchev–Trinajstić information content (AvgIpc) is 2.14. The lowest BCUT2D eigenvalue weighted by Gasteiger charge is -2.13. The highest BCUT2D eigenvalue weighted by Gasteiger charge is 1.99. The molecule has 4 nitrogen and oxygen atoms in total. The van der Waals surface area contributed by atoms with Gasteiger partial charge in [-0.25, -0.2) is 0 Å². The normalized spacial score (nSPS) is 10.5. The predicted molar refractivity (Wildman–Crippen MR) is 54.7 cm³/mol. The fourth-order valence-corrected chi connectivity index (χ4v) is 0.871. The lowest BCUT2D eigenvalue weighted by Crippen LogP contribution is -2.33. The maximum Gasteiger partial charge on any atom is 0.221 e. The van der Waals surface area contributed by atoms with E-state index in [-0.39, 0.29) is 5.91 Å². The van der Waals surface area contributed by atoms with Crippen LogP contribution in [0.2, 0.25) is 0 Å². The first-order valence-corrected chi connectivity index (χ1v) is 4.80. The van der Waals surface area contributed by atoms with Crippen LogP contribution in [0.3, 0.4) is 0 Å². The molecule has 0 rings (SSSR count). The molecule has 13 heavy (non-hydrogen) atoms. The maximum atomic E-state index is 11.1. The van der Waals surface area contributed by atoms with E-state index in [0.717, 1.165) is 26.2 Å². The van der Waals surface area contributed by atoms with Crippen LogP contribution in [0.15, 0.2) is 0 Å². The molecule has 2 N–H and O–H groups in total. The zero-order chi connectivity index (χ0) is 10.1. The van der Waals surface area contributed by atoms with Crippen molar-refractivity contribution in [3.63, 3.8) is 0 Å². The van der Waals surface area contributed by atoms with Crippen molar-refractivity contribution in [3.05, 3.63) is 0 Å². The molecule has 0 aromatic rings. The van der Waals surface area contributed by atoms with Crippen LogP contribution in [0.1, 0.15) is 13.3 Å². The number of carbonyl (C=O) groups is 1. The van der Waals surface area contributed by atoms with E-state index >= 15 is 0 Å². The summed E-state index contributed by atoms with van der Waals surface area (Å²) in [6.45, 7) is 5.53. The number of hydrogen-bond acceptors (Lipinski definition) is 3. The van der Waals surface area contributed by atoms with Crippen molar-refractivity contribution < 1.29 is 4.79 Å². The second kappa shape index (κ2) is 8.01. The summed E-state index contributed by atoms with van der Waals surface area (Å²) < 4.78 is 0. The molecule has 1 amide bonds. The Morgan fingerprint density at radius 1 is 1.38 bits per heavy atom. The second-order valence-electron chi connectivity index (χ2n) is 3.10. The van der Waals surface area contributed by atoms with E-state index in [2.05, 4.69) is 22.5 Å². The van der Waals surface area contributed by atoms with Gasteiger partial charge in [0.2, 0.25) is 5.91 Å². The van der Waals surface area contributed by atoms with E-state index in [1.165, 1.54) is 0 Å². The SMILES string of the molecule is CCN(C)CCNC(=O)CCNC. The summed E-state index contributed by atoms with van der Waals surface area (Å²) in [7, 11) is 3.89. The molecule has 0 aromatic carbocycles. The number of rotatable bonds is 7. The third kappa shape index (κ3) is 7.74. The number of carbonyl (C=O) groups excluding carboxylic acids is 1. The number of amides is 1. The minimum absolute atomic E-state index is 0.124. The molecule has 0 heterocycles. The van der Waals surface area contributed by atoms with Gasteiger partial charge in [0.25, 0.3) is 0 Å². The van der Waals surface area contributed by atoms with Gasteiger partial charge in [0, 0.05) is 26.1 Å². The standard InChI is InChI=1S/C9H21N3O/c1-4-12(3)8-7-11-9(13)5-6-10-2/h10H,4-8H2,1-3H3,(H,11,13). The fraction of sp³-hybridized carbons (Fsp3) is 0.889. The number of likely N-dealkylation sites (N-methyl/N-ethyl adjacent to an activating group) is 1. The largest absolute Gasteiger partial charge is 0.355 e. The molecular formula is C9H21N3O. The van der Waals surface area contributed by atoms with Gasteiger partial charge in [-0.2, -0.15) is 0 Å². The van der Waals surface area contributed by atoms with Crippen molar-refractivity contribution in [1.82, 2.24) is 15.5 Å². The van der Waals surface area contributed by atoms with Crippen LogP contribution < -0.4 is 10.6 Å². The Balaban J connectivity index is 3.26. The molecule has 0 aliphatic heterocycles. The highest BCUT2D eigenvalue weighted by molar-refractivity contribution is 5.75. The Bertz CT molecular complexity index is 139. The first-order chi connectivity index (χ1) is 6.20. The van der Waals surface area contributed by atoms with Crippen molar-refractivity contribution in [2.45, 2.75) is 13.3 Å². The summed E-state index contributed by atoms with van der Waals surface area (Å²) >= 11 is 0. The first kappa shape index (κ1) is 12.4. The molecule has 0 aliphatic rings. The quantitative estimate of drug-likeness (QED) is 0.573. The minimum atomic E-state index is 0.124. The van der Waals surface area contributed by atoms with Crippen molar-refractivity contribution in [1.29, 1.82) is 0 Å². The van der Waals surface area contributed by atoms with E-state index in [4.69, 9.17) is 0 Å². The smallest absolute Gasteiger partial charge is 0.221 e. The lowest BCUT2D eigenvalue weighted by atomic mass is 10.4. The lowest BCUT2D eigenvalue weighted by molar-refractivity contribution is -0.121. The van der Waals surface area contributed by atoms with E-state index in [1.54, 1.807) is 0 Å². The molecule has 0 aliphatic carbocycles. The Hall–Kier alpha value is -0.610. The van der Waals surface area contributed by atoms with Crippen LogP contribution in [0.25, 0.3) is 0 Å². The second-order valence-corrected chi connectivity index (χ2v) is 3.10. The number of nitrogens with one attached hydrogen (secondary N) is 2. The Morgan fingerprint density at radius 3 is 2.62 bits per heavy atom. The third-order valence-corrected chi connectivity index (χ3v) is 1.96. The molecule has 0 unspecified atom stereocenters. The average molecular weight is 187 g/mol. The zero-order valence-corrected chi connectivity index (χ0v) is 8.89. The van der Waals surface area contributed by atoms with Gasteiger partial charge in [-0.1, -0.05) is 6.92 Å². The highest BCUT2D eigenvalue weighted by atomic mass is 16.1. The molecule has 0 spiro atoms.